The Morgan fingerprint density at radius 3 is 2.91 bits per heavy atom. The Balaban J connectivity index is 1.74. The Labute approximate surface area is 138 Å². The molecule has 0 fully saturated rings. The molecule has 0 bridgehead atoms. The van der Waals surface area contributed by atoms with Crippen LogP contribution in [0.5, 0.6) is 0 Å². The molecule has 0 aliphatic heterocycles. The van der Waals surface area contributed by atoms with Gasteiger partial charge in [-0.3, -0.25) is 0 Å². The van der Waals surface area contributed by atoms with E-state index in [4.69, 9.17) is 0 Å². The maximum absolute atomic E-state index is 4.21. The number of aryl methyl sites for hydroxylation is 2. The predicted octanol–water partition coefficient (Wildman–Crippen LogP) is 3.25. The van der Waals surface area contributed by atoms with Crippen molar-refractivity contribution in [1.29, 1.82) is 0 Å². The topological polar surface area (TPSA) is 55.1 Å². The number of aromatic nitrogens is 4. The normalized spacial score (nSPS) is 11.6. The number of hydrogen-bond donors (Lipinski definition) is 1. The summed E-state index contributed by atoms with van der Waals surface area (Å²) in [5, 5.41) is 19.0. The van der Waals surface area contributed by atoms with E-state index in [9.17, 15) is 0 Å². The Hall–Kier alpha value is -2.31. The van der Waals surface area contributed by atoms with Crippen LogP contribution in [0.4, 0.5) is 0 Å². The zero-order valence-electron chi connectivity index (χ0n) is 13.1. The summed E-state index contributed by atoms with van der Waals surface area (Å²) < 4.78 is 1.84. The Bertz CT molecular complexity index is 972. The summed E-state index contributed by atoms with van der Waals surface area (Å²) in [6.07, 6.45) is 0. The van der Waals surface area contributed by atoms with E-state index in [1.807, 2.05) is 4.52 Å². The zero-order chi connectivity index (χ0) is 15.8. The summed E-state index contributed by atoms with van der Waals surface area (Å²) in [6, 6.07) is 10.7. The number of pyridine rings is 1. The summed E-state index contributed by atoms with van der Waals surface area (Å²) in [4.78, 5) is 1.33. The van der Waals surface area contributed by atoms with Gasteiger partial charge in [0.15, 0.2) is 5.65 Å². The standard InChI is InChI=1S/C17H17N5S/c1-11-6-12(2)15-8-13(9-18-10-14-4-3-5-23-14)17-19-20-21-22(17)16(15)7-11/h3-8,18H,9-10H2,1-2H3. The van der Waals surface area contributed by atoms with Crippen molar-refractivity contribution in [2.24, 2.45) is 0 Å². The third-order valence-electron chi connectivity index (χ3n) is 4.01. The van der Waals surface area contributed by atoms with Gasteiger partial charge in [0.1, 0.15) is 0 Å². The van der Waals surface area contributed by atoms with E-state index in [-0.39, 0.29) is 0 Å². The molecule has 0 saturated carbocycles. The lowest BCUT2D eigenvalue weighted by molar-refractivity contribution is 0.701. The van der Waals surface area contributed by atoms with Gasteiger partial charge in [-0.05, 0) is 59.0 Å². The van der Waals surface area contributed by atoms with Gasteiger partial charge in [0.05, 0.1) is 5.52 Å². The van der Waals surface area contributed by atoms with Gasteiger partial charge in [-0.15, -0.1) is 16.4 Å². The summed E-state index contributed by atoms with van der Waals surface area (Å²) in [5.74, 6) is 0. The highest BCUT2D eigenvalue weighted by molar-refractivity contribution is 7.09. The summed E-state index contributed by atoms with van der Waals surface area (Å²) in [5.41, 5.74) is 5.46. The van der Waals surface area contributed by atoms with Crippen molar-refractivity contribution in [3.05, 3.63) is 57.3 Å². The number of fused-ring (bicyclic) bond motifs is 3. The molecule has 6 heteroatoms. The average Bonchev–Trinajstić information content (AvgIpc) is 3.19. The van der Waals surface area contributed by atoms with Gasteiger partial charge < -0.3 is 5.32 Å². The molecular formula is C17H17N5S. The van der Waals surface area contributed by atoms with Crippen molar-refractivity contribution in [3.63, 3.8) is 0 Å². The van der Waals surface area contributed by atoms with E-state index >= 15 is 0 Å². The fourth-order valence-electron chi connectivity index (χ4n) is 2.97. The highest BCUT2D eigenvalue weighted by Gasteiger charge is 2.11. The second kappa shape index (κ2) is 5.72. The fourth-order valence-corrected chi connectivity index (χ4v) is 3.65. The molecule has 1 aromatic carbocycles. The maximum atomic E-state index is 4.21. The average molecular weight is 323 g/mol. The molecule has 1 N–H and O–H groups in total. The van der Waals surface area contributed by atoms with Crippen molar-refractivity contribution in [2.75, 3.05) is 0 Å². The first-order valence-electron chi connectivity index (χ1n) is 7.56. The smallest absolute Gasteiger partial charge is 0.184 e. The number of benzene rings is 1. The van der Waals surface area contributed by atoms with E-state index in [0.29, 0.717) is 0 Å². The highest BCUT2D eigenvalue weighted by Crippen LogP contribution is 2.24. The number of rotatable bonds is 4. The largest absolute Gasteiger partial charge is 0.308 e. The van der Waals surface area contributed by atoms with Gasteiger partial charge in [0.25, 0.3) is 0 Å². The molecule has 23 heavy (non-hydrogen) atoms. The lowest BCUT2D eigenvalue weighted by Gasteiger charge is -2.10. The van der Waals surface area contributed by atoms with Crippen molar-refractivity contribution < 1.29 is 0 Å². The Morgan fingerprint density at radius 1 is 1.17 bits per heavy atom. The maximum Gasteiger partial charge on any atom is 0.184 e. The lowest BCUT2D eigenvalue weighted by atomic mass is 10.0. The summed E-state index contributed by atoms with van der Waals surface area (Å²) in [7, 11) is 0. The van der Waals surface area contributed by atoms with Crippen LogP contribution in [0.1, 0.15) is 21.6 Å². The van der Waals surface area contributed by atoms with Crippen LogP contribution in [-0.2, 0) is 13.1 Å². The number of nitrogens with one attached hydrogen (secondary N) is 1. The lowest BCUT2D eigenvalue weighted by Crippen LogP contribution is -2.13. The van der Waals surface area contributed by atoms with E-state index in [2.05, 4.69) is 70.4 Å². The molecule has 0 unspecified atom stereocenters. The first-order chi connectivity index (χ1) is 11.2. The summed E-state index contributed by atoms with van der Waals surface area (Å²) >= 11 is 1.76. The van der Waals surface area contributed by atoms with Crippen molar-refractivity contribution in [2.45, 2.75) is 26.9 Å². The van der Waals surface area contributed by atoms with Crippen LogP contribution < -0.4 is 5.32 Å². The van der Waals surface area contributed by atoms with Crippen LogP contribution in [0.2, 0.25) is 0 Å². The number of tetrazole rings is 1. The minimum Gasteiger partial charge on any atom is -0.308 e. The van der Waals surface area contributed by atoms with Crippen LogP contribution in [0.15, 0.2) is 35.7 Å². The predicted molar refractivity (Wildman–Crippen MR) is 92.6 cm³/mol. The van der Waals surface area contributed by atoms with Gasteiger partial charge in [-0.25, -0.2) is 0 Å². The van der Waals surface area contributed by atoms with Gasteiger partial charge in [0.2, 0.25) is 0 Å². The van der Waals surface area contributed by atoms with Gasteiger partial charge in [-0.1, -0.05) is 12.1 Å². The minimum atomic E-state index is 0.741. The molecule has 4 aromatic rings. The van der Waals surface area contributed by atoms with Crippen molar-refractivity contribution in [3.8, 4) is 0 Å². The van der Waals surface area contributed by atoms with Crippen LogP contribution in [0.3, 0.4) is 0 Å². The molecule has 0 atom stereocenters. The number of thiophene rings is 1. The van der Waals surface area contributed by atoms with Gasteiger partial charge in [0, 0.05) is 28.9 Å². The van der Waals surface area contributed by atoms with Crippen LogP contribution in [-0.4, -0.2) is 20.0 Å². The first kappa shape index (κ1) is 14.3. The van der Waals surface area contributed by atoms with Crippen molar-refractivity contribution >= 4 is 27.9 Å². The molecule has 0 radical (unpaired) electrons. The number of hydrogen-bond acceptors (Lipinski definition) is 5. The molecule has 4 rings (SSSR count). The number of nitrogens with zero attached hydrogens (tertiary/aromatic N) is 4. The summed E-state index contributed by atoms with van der Waals surface area (Å²) in [6.45, 7) is 5.83. The molecule has 5 nitrogen and oxygen atoms in total. The SMILES string of the molecule is Cc1cc(C)c2cc(CNCc3cccs3)c3nnnn3c2c1. The van der Waals surface area contributed by atoms with E-state index in [1.54, 1.807) is 11.3 Å². The molecule has 0 saturated heterocycles. The molecule has 0 aliphatic rings. The minimum absolute atomic E-state index is 0.741. The third-order valence-corrected chi connectivity index (χ3v) is 4.88. The van der Waals surface area contributed by atoms with Crippen LogP contribution in [0.25, 0.3) is 16.6 Å². The molecule has 116 valence electrons. The van der Waals surface area contributed by atoms with E-state index in [1.165, 1.54) is 21.4 Å². The zero-order valence-corrected chi connectivity index (χ0v) is 13.9. The molecule has 0 spiro atoms. The Kier molecular flexibility index (Phi) is 3.55. The molecule has 3 aromatic heterocycles. The Morgan fingerprint density at radius 2 is 2.09 bits per heavy atom. The van der Waals surface area contributed by atoms with Crippen LogP contribution >= 0.6 is 11.3 Å². The third kappa shape index (κ3) is 2.60. The fraction of sp³-hybridized carbons (Fsp3) is 0.235. The van der Waals surface area contributed by atoms with Crippen LogP contribution in [0, 0.1) is 13.8 Å². The first-order valence-corrected chi connectivity index (χ1v) is 8.44. The van der Waals surface area contributed by atoms with E-state index < -0.39 is 0 Å². The molecular weight excluding hydrogens is 306 g/mol. The molecule has 0 aliphatic carbocycles. The molecule has 3 heterocycles. The quantitative estimate of drug-likeness (QED) is 0.626. The van der Waals surface area contributed by atoms with Crippen molar-refractivity contribution in [1.82, 2.24) is 25.4 Å². The monoisotopic (exact) mass is 323 g/mol. The van der Waals surface area contributed by atoms with E-state index in [0.717, 1.165) is 29.8 Å². The van der Waals surface area contributed by atoms with Gasteiger partial charge >= 0.3 is 0 Å². The second-order valence-electron chi connectivity index (χ2n) is 5.78. The second-order valence-corrected chi connectivity index (χ2v) is 6.81. The highest BCUT2D eigenvalue weighted by atomic mass is 32.1. The molecule has 0 amide bonds. The van der Waals surface area contributed by atoms with Gasteiger partial charge in [-0.2, -0.15) is 4.52 Å².